The van der Waals surface area contributed by atoms with Crippen LogP contribution in [0.1, 0.15) is 23.2 Å². The van der Waals surface area contributed by atoms with Crippen molar-refractivity contribution in [1.29, 1.82) is 0 Å². The van der Waals surface area contributed by atoms with E-state index in [-0.39, 0.29) is 24.5 Å². The minimum atomic E-state index is -0.558. The van der Waals surface area contributed by atoms with Gasteiger partial charge in [-0.15, -0.1) is 0 Å². The van der Waals surface area contributed by atoms with E-state index < -0.39 is 6.09 Å². The van der Waals surface area contributed by atoms with Crippen LogP contribution in [0.15, 0.2) is 16.8 Å². The summed E-state index contributed by atoms with van der Waals surface area (Å²) in [5.74, 6) is -0.266. The Balaban J connectivity index is 1.61. The molecule has 0 aromatic carbocycles. The number of carbonyl (C=O) groups is 3. The largest absolute Gasteiger partial charge is 0.439 e. The van der Waals surface area contributed by atoms with Crippen LogP contribution in [0.2, 0.25) is 0 Å². The molecule has 106 valence electrons. The SMILES string of the molecule is O=C(c1ccsc1)N1CCC(N2C(=O)COC2=O)CC1. The predicted octanol–water partition coefficient (Wildman–Crippen LogP) is 1.33. The van der Waals surface area contributed by atoms with Crippen molar-refractivity contribution in [1.82, 2.24) is 9.80 Å². The Morgan fingerprint density at radius 2 is 2.05 bits per heavy atom. The van der Waals surface area contributed by atoms with Gasteiger partial charge >= 0.3 is 6.09 Å². The summed E-state index contributed by atoms with van der Waals surface area (Å²) in [5.41, 5.74) is 0.699. The number of ether oxygens (including phenoxy) is 1. The summed E-state index contributed by atoms with van der Waals surface area (Å²) >= 11 is 1.49. The van der Waals surface area contributed by atoms with Gasteiger partial charge in [-0.25, -0.2) is 9.69 Å². The van der Waals surface area contributed by atoms with Crippen LogP contribution in [-0.2, 0) is 9.53 Å². The normalized spacial score (nSPS) is 20.4. The smallest absolute Gasteiger partial charge is 0.417 e. The average molecular weight is 294 g/mol. The second kappa shape index (κ2) is 5.24. The molecule has 0 aliphatic carbocycles. The monoisotopic (exact) mass is 294 g/mol. The summed E-state index contributed by atoms with van der Waals surface area (Å²) in [6.45, 7) is 0.944. The van der Waals surface area contributed by atoms with Gasteiger partial charge in [0.2, 0.25) is 0 Å². The first-order chi connectivity index (χ1) is 9.66. The number of nitrogens with zero attached hydrogens (tertiary/aromatic N) is 2. The lowest BCUT2D eigenvalue weighted by atomic mass is 10.0. The van der Waals surface area contributed by atoms with E-state index in [2.05, 4.69) is 0 Å². The van der Waals surface area contributed by atoms with Gasteiger partial charge in [-0.1, -0.05) is 0 Å². The molecular formula is C13H14N2O4S. The number of piperidine rings is 1. The van der Waals surface area contributed by atoms with E-state index in [1.807, 2.05) is 10.8 Å². The van der Waals surface area contributed by atoms with Crippen molar-refractivity contribution < 1.29 is 19.1 Å². The first-order valence-electron chi connectivity index (χ1n) is 6.47. The predicted molar refractivity (Wildman–Crippen MR) is 71.4 cm³/mol. The van der Waals surface area contributed by atoms with Gasteiger partial charge in [0, 0.05) is 24.5 Å². The Kier molecular flexibility index (Phi) is 3.43. The summed E-state index contributed by atoms with van der Waals surface area (Å²) < 4.78 is 4.72. The fourth-order valence-electron chi connectivity index (χ4n) is 2.61. The number of hydrogen-bond donors (Lipinski definition) is 0. The Bertz CT molecular complexity index is 519. The third-order valence-corrected chi connectivity index (χ3v) is 4.35. The Morgan fingerprint density at radius 3 is 2.60 bits per heavy atom. The van der Waals surface area contributed by atoms with E-state index in [4.69, 9.17) is 4.74 Å². The minimum absolute atomic E-state index is 0.0139. The van der Waals surface area contributed by atoms with Gasteiger partial charge in [-0.3, -0.25) is 9.59 Å². The molecule has 2 fully saturated rings. The number of likely N-dealkylation sites (tertiary alicyclic amines) is 1. The molecule has 0 saturated carbocycles. The zero-order chi connectivity index (χ0) is 14.1. The summed E-state index contributed by atoms with van der Waals surface area (Å²) in [6, 6.07) is 1.66. The van der Waals surface area contributed by atoms with Gasteiger partial charge in [0.1, 0.15) is 0 Å². The fraction of sp³-hybridized carbons (Fsp3) is 0.462. The third kappa shape index (κ3) is 2.29. The van der Waals surface area contributed by atoms with E-state index in [0.29, 0.717) is 31.5 Å². The maximum absolute atomic E-state index is 12.2. The van der Waals surface area contributed by atoms with E-state index in [9.17, 15) is 14.4 Å². The molecule has 1 aromatic rings. The molecule has 2 aliphatic heterocycles. The van der Waals surface area contributed by atoms with Gasteiger partial charge < -0.3 is 9.64 Å². The van der Waals surface area contributed by atoms with E-state index in [1.54, 1.807) is 11.0 Å². The molecule has 7 heteroatoms. The van der Waals surface area contributed by atoms with Crippen molar-refractivity contribution >= 4 is 29.2 Å². The lowest BCUT2D eigenvalue weighted by Gasteiger charge is -2.34. The molecule has 0 spiro atoms. The number of imide groups is 1. The van der Waals surface area contributed by atoms with Crippen LogP contribution < -0.4 is 0 Å². The van der Waals surface area contributed by atoms with E-state index in [1.165, 1.54) is 16.2 Å². The zero-order valence-corrected chi connectivity index (χ0v) is 11.6. The highest BCUT2D eigenvalue weighted by Crippen LogP contribution is 2.22. The Hall–Kier alpha value is -1.89. The molecule has 1 aromatic heterocycles. The molecule has 3 amide bonds. The van der Waals surface area contributed by atoms with Crippen molar-refractivity contribution in [3.8, 4) is 0 Å². The van der Waals surface area contributed by atoms with Crippen molar-refractivity contribution in [2.24, 2.45) is 0 Å². The van der Waals surface area contributed by atoms with Crippen LogP contribution in [0, 0.1) is 0 Å². The van der Waals surface area contributed by atoms with Crippen LogP contribution in [0.25, 0.3) is 0 Å². The topological polar surface area (TPSA) is 66.9 Å². The zero-order valence-electron chi connectivity index (χ0n) is 10.8. The van der Waals surface area contributed by atoms with Gasteiger partial charge in [-0.2, -0.15) is 11.3 Å². The molecule has 2 aliphatic rings. The van der Waals surface area contributed by atoms with Crippen molar-refractivity contribution in [2.75, 3.05) is 19.7 Å². The average Bonchev–Trinajstić information content (AvgIpc) is 3.09. The number of hydrogen-bond acceptors (Lipinski definition) is 5. The molecule has 0 bridgehead atoms. The highest BCUT2D eigenvalue weighted by atomic mass is 32.1. The van der Waals surface area contributed by atoms with Crippen LogP contribution >= 0.6 is 11.3 Å². The number of cyclic esters (lactones) is 1. The standard InChI is InChI=1S/C13H14N2O4S/c16-11-7-19-13(18)15(11)10-1-4-14(5-2-10)12(17)9-3-6-20-8-9/h3,6,8,10H,1-2,4-5,7H2. The summed E-state index contributed by atoms with van der Waals surface area (Å²) in [6.07, 6.45) is 0.658. The molecular weight excluding hydrogens is 280 g/mol. The van der Waals surface area contributed by atoms with E-state index in [0.717, 1.165) is 0 Å². The number of carbonyl (C=O) groups excluding carboxylic acids is 3. The second-order valence-corrected chi connectivity index (χ2v) is 5.63. The maximum atomic E-state index is 12.2. The van der Waals surface area contributed by atoms with Gasteiger partial charge in [0.15, 0.2) is 6.61 Å². The van der Waals surface area contributed by atoms with Crippen LogP contribution in [0.5, 0.6) is 0 Å². The molecule has 0 atom stereocenters. The highest BCUT2D eigenvalue weighted by molar-refractivity contribution is 7.08. The number of thiophene rings is 1. The fourth-order valence-corrected chi connectivity index (χ4v) is 3.24. The number of amides is 3. The summed E-state index contributed by atoms with van der Waals surface area (Å²) in [4.78, 5) is 38.2. The minimum Gasteiger partial charge on any atom is -0.439 e. The van der Waals surface area contributed by atoms with Crippen molar-refractivity contribution in [3.05, 3.63) is 22.4 Å². The van der Waals surface area contributed by atoms with Gasteiger partial charge in [-0.05, 0) is 24.3 Å². The molecule has 3 heterocycles. The molecule has 0 unspecified atom stereocenters. The van der Waals surface area contributed by atoms with Crippen LogP contribution in [0.3, 0.4) is 0 Å². The summed E-state index contributed by atoms with van der Waals surface area (Å²) in [7, 11) is 0. The maximum Gasteiger partial charge on any atom is 0.417 e. The second-order valence-electron chi connectivity index (χ2n) is 4.85. The third-order valence-electron chi connectivity index (χ3n) is 3.67. The lowest BCUT2D eigenvalue weighted by Crippen LogP contribution is -2.48. The Morgan fingerprint density at radius 1 is 1.30 bits per heavy atom. The highest BCUT2D eigenvalue weighted by Gasteiger charge is 2.39. The summed E-state index contributed by atoms with van der Waals surface area (Å²) in [5, 5.41) is 3.70. The first-order valence-corrected chi connectivity index (χ1v) is 7.41. The first kappa shape index (κ1) is 13.1. The molecule has 20 heavy (non-hydrogen) atoms. The van der Waals surface area contributed by atoms with Gasteiger partial charge in [0.25, 0.3) is 11.8 Å². The molecule has 2 saturated heterocycles. The Labute approximate surface area is 119 Å². The molecule has 0 N–H and O–H groups in total. The quantitative estimate of drug-likeness (QED) is 0.825. The number of rotatable bonds is 2. The van der Waals surface area contributed by atoms with E-state index >= 15 is 0 Å². The molecule has 6 nitrogen and oxygen atoms in total. The van der Waals surface area contributed by atoms with Crippen molar-refractivity contribution in [2.45, 2.75) is 18.9 Å². The molecule has 0 radical (unpaired) electrons. The van der Waals surface area contributed by atoms with Crippen LogP contribution in [-0.4, -0.2) is 53.4 Å². The van der Waals surface area contributed by atoms with Crippen LogP contribution in [0.4, 0.5) is 4.79 Å². The lowest BCUT2D eigenvalue weighted by molar-refractivity contribution is -0.127. The van der Waals surface area contributed by atoms with Gasteiger partial charge in [0.05, 0.1) is 5.56 Å². The van der Waals surface area contributed by atoms with Crippen molar-refractivity contribution in [3.63, 3.8) is 0 Å². The molecule has 3 rings (SSSR count).